The van der Waals surface area contributed by atoms with E-state index in [4.69, 9.17) is 5.73 Å². The molecule has 90 valence electrons. The highest BCUT2D eigenvalue weighted by Crippen LogP contribution is 2.21. The van der Waals surface area contributed by atoms with E-state index in [9.17, 15) is 4.39 Å². The molecule has 0 atom stereocenters. The molecule has 0 spiro atoms. The molecule has 0 saturated heterocycles. The van der Waals surface area contributed by atoms with Crippen LogP contribution in [-0.2, 0) is 6.42 Å². The van der Waals surface area contributed by atoms with Gasteiger partial charge in [0.25, 0.3) is 0 Å². The van der Waals surface area contributed by atoms with Crippen LogP contribution in [0, 0.1) is 5.82 Å². The van der Waals surface area contributed by atoms with Crippen molar-refractivity contribution in [3.8, 4) is 5.69 Å². The van der Waals surface area contributed by atoms with Gasteiger partial charge in [-0.05, 0) is 40.5 Å². The predicted octanol–water partition coefficient (Wildman–Crippen LogP) is 2.70. The highest BCUT2D eigenvalue weighted by Gasteiger charge is 2.11. The average molecular weight is 299 g/mol. The van der Waals surface area contributed by atoms with Gasteiger partial charge in [0.1, 0.15) is 5.82 Å². The lowest BCUT2D eigenvalue weighted by atomic mass is 10.2. The van der Waals surface area contributed by atoms with Gasteiger partial charge in [0.15, 0.2) is 5.82 Å². The van der Waals surface area contributed by atoms with Gasteiger partial charge in [-0.15, -0.1) is 5.10 Å². The number of benzene rings is 1. The Morgan fingerprint density at radius 3 is 2.88 bits per heavy atom. The summed E-state index contributed by atoms with van der Waals surface area (Å²) in [6, 6.07) is 4.68. The first-order chi connectivity index (χ1) is 8.13. The van der Waals surface area contributed by atoms with E-state index in [0.29, 0.717) is 10.3 Å². The Morgan fingerprint density at radius 1 is 1.47 bits per heavy atom. The summed E-state index contributed by atoms with van der Waals surface area (Å²) in [4.78, 5) is 0. The molecule has 1 aromatic heterocycles. The normalized spacial score (nSPS) is 10.8. The zero-order chi connectivity index (χ0) is 12.4. The molecule has 0 fully saturated rings. The first-order valence-electron chi connectivity index (χ1n) is 5.29. The topological polar surface area (TPSA) is 56.7 Å². The van der Waals surface area contributed by atoms with Crippen LogP contribution in [0.5, 0.6) is 0 Å². The van der Waals surface area contributed by atoms with Crippen LogP contribution < -0.4 is 5.73 Å². The predicted molar refractivity (Wildman–Crippen MR) is 67.4 cm³/mol. The lowest BCUT2D eigenvalue weighted by Crippen LogP contribution is -2.04. The molecular formula is C11H12BrFN4. The van der Waals surface area contributed by atoms with Crippen LogP contribution in [0.1, 0.15) is 19.0 Å². The molecule has 0 unspecified atom stereocenters. The van der Waals surface area contributed by atoms with Crippen LogP contribution in [0.4, 0.5) is 10.2 Å². The van der Waals surface area contributed by atoms with E-state index in [0.717, 1.165) is 24.2 Å². The maximum atomic E-state index is 13.2. The first-order valence-corrected chi connectivity index (χ1v) is 6.08. The number of anilines is 1. The van der Waals surface area contributed by atoms with Crippen LogP contribution in [0.25, 0.3) is 5.69 Å². The third-order valence-corrected chi connectivity index (χ3v) is 3.04. The third-order valence-electron chi connectivity index (χ3n) is 2.43. The zero-order valence-electron chi connectivity index (χ0n) is 9.32. The summed E-state index contributed by atoms with van der Waals surface area (Å²) < 4.78 is 15.2. The molecule has 0 amide bonds. The first kappa shape index (κ1) is 12.0. The highest BCUT2D eigenvalue weighted by molar-refractivity contribution is 9.10. The van der Waals surface area contributed by atoms with Crippen molar-refractivity contribution in [1.82, 2.24) is 15.0 Å². The van der Waals surface area contributed by atoms with Gasteiger partial charge in [0, 0.05) is 0 Å². The Labute approximate surface area is 107 Å². The van der Waals surface area contributed by atoms with E-state index in [1.807, 2.05) is 0 Å². The molecule has 0 bridgehead atoms. The fourth-order valence-corrected chi connectivity index (χ4v) is 1.97. The SMILES string of the molecule is CCCc1c(N)nnn1-c1ccc(F)c(Br)c1. The van der Waals surface area contributed by atoms with Gasteiger partial charge in [-0.1, -0.05) is 18.6 Å². The fraction of sp³-hybridized carbons (Fsp3) is 0.273. The molecule has 0 aliphatic carbocycles. The Kier molecular flexibility index (Phi) is 3.42. The quantitative estimate of drug-likeness (QED) is 0.948. The average Bonchev–Trinajstić information content (AvgIpc) is 2.66. The second kappa shape index (κ2) is 4.83. The molecule has 0 saturated carbocycles. The van der Waals surface area contributed by atoms with Crippen molar-refractivity contribution < 1.29 is 4.39 Å². The fourth-order valence-electron chi connectivity index (χ4n) is 1.61. The van der Waals surface area contributed by atoms with Gasteiger partial charge >= 0.3 is 0 Å². The molecular weight excluding hydrogens is 287 g/mol. The number of rotatable bonds is 3. The molecule has 0 aliphatic rings. The third kappa shape index (κ3) is 2.31. The minimum absolute atomic E-state index is 0.307. The van der Waals surface area contributed by atoms with E-state index < -0.39 is 0 Å². The second-order valence-electron chi connectivity index (χ2n) is 3.68. The van der Waals surface area contributed by atoms with Crippen molar-refractivity contribution in [3.63, 3.8) is 0 Å². The molecule has 0 radical (unpaired) electrons. The number of hydrogen-bond donors (Lipinski definition) is 1. The minimum atomic E-state index is -0.307. The highest BCUT2D eigenvalue weighted by atomic mass is 79.9. The largest absolute Gasteiger partial charge is 0.381 e. The number of nitrogens with zero attached hydrogens (tertiary/aromatic N) is 3. The Morgan fingerprint density at radius 2 is 2.24 bits per heavy atom. The van der Waals surface area contributed by atoms with Gasteiger partial charge < -0.3 is 5.73 Å². The van der Waals surface area contributed by atoms with Crippen molar-refractivity contribution in [2.75, 3.05) is 5.73 Å². The van der Waals surface area contributed by atoms with Crippen molar-refractivity contribution in [2.24, 2.45) is 0 Å². The van der Waals surface area contributed by atoms with Crippen LogP contribution in [0.15, 0.2) is 22.7 Å². The molecule has 4 nitrogen and oxygen atoms in total. The van der Waals surface area contributed by atoms with Gasteiger partial charge in [-0.2, -0.15) is 0 Å². The molecule has 1 heterocycles. The van der Waals surface area contributed by atoms with E-state index in [2.05, 4.69) is 33.2 Å². The second-order valence-corrected chi connectivity index (χ2v) is 4.54. The van der Waals surface area contributed by atoms with Crippen LogP contribution >= 0.6 is 15.9 Å². The van der Waals surface area contributed by atoms with E-state index in [-0.39, 0.29) is 5.82 Å². The maximum absolute atomic E-state index is 13.2. The maximum Gasteiger partial charge on any atom is 0.169 e. The van der Waals surface area contributed by atoms with Crippen molar-refractivity contribution in [1.29, 1.82) is 0 Å². The van der Waals surface area contributed by atoms with Gasteiger partial charge in [0.2, 0.25) is 0 Å². The van der Waals surface area contributed by atoms with Gasteiger partial charge in [-0.25, -0.2) is 9.07 Å². The standard InChI is InChI=1S/C11H12BrFN4/c1-2-3-10-11(14)15-16-17(10)7-4-5-9(13)8(12)6-7/h4-6H,2-3,14H2,1H3. The number of nitrogens with two attached hydrogens (primary N) is 1. The number of nitrogen functional groups attached to an aromatic ring is 1. The summed E-state index contributed by atoms with van der Waals surface area (Å²) in [6.07, 6.45) is 1.73. The van der Waals surface area contributed by atoms with Crippen molar-refractivity contribution in [2.45, 2.75) is 19.8 Å². The van der Waals surface area contributed by atoms with E-state index >= 15 is 0 Å². The van der Waals surface area contributed by atoms with Gasteiger partial charge in [0.05, 0.1) is 15.9 Å². The smallest absolute Gasteiger partial charge is 0.169 e. The molecule has 2 aromatic rings. The van der Waals surface area contributed by atoms with Gasteiger partial charge in [-0.3, -0.25) is 0 Å². The molecule has 2 rings (SSSR count). The molecule has 1 aromatic carbocycles. The molecule has 17 heavy (non-hydrogen) atoms. The Hall–Kier alpha value is -1.43. The summed E-state index contributed by atoms with van der Waals surface area (Å²) in [5, 5.41) is 7.82. The van der Waals surface area contributed by atoms with Crippen molar-refractivity contribution in [3.05, 3.63) is 34.2 Å². The lowest BCUT2D eigenvalue weighted by molar-refractivity contribution is 0.619. The molecule has 6 heteroatoms. The van der Waals surface area contributed by atoms with Crippen LogP contribution in [-0.4, -0.2) is 15.0 Å². The number of aromatic nitrogens is 3. The number of hydrogen-bond acceptors (Lipinski definition) is 3. The Bertz CT molecular complexity index is 538. The Balaban J connectivity index is 2.48. The lowest BCUT2D eigenvalue weighted by Gasteiger charge is -2.06. The monoisotopic (exact) mass is 298 g/mol. The van der Waals surface area contributed by atoms with Crippen LogP contribution in [0.2, 0.25) is 0 Å². The summed E-state index contributed by atoms with van der Waals surface area (Å²) >= 11 is 3.15. The number of halogens is 2. The van der Waals surface area contributed by atoms with Crippen molar-refractivity contribution >= 4 is 21.7 Å². The van der Waals surface area contributed by atoms with E-state index in [1.165, 1.54) is 6.07 Å². The van der Waals surface area contributed by atoms with E-state index in [1.54, 1.807) is 16.8 Å². The summed E-state index contributed by atoms with van der Waals surface area (Å²) in [5.41, 5.74) is 7.35. The summed E-state index contributed by atoms with van der Waals surface area (Å²) in [6.45, 7) is 2.05. The van der Waals surface area contributed by atoms with Crippen LogP contribution in [0.3, 0.4) is 0 Å². The summed E-state index contributed by atoms with van der Waals surface area (Å²) in [5.74, 6) is 0.117. The molecule has 2 N–H and O–H groups in total. The minimum Gasteiger partial charge on any atom is -0.381 e. The zero-order valence-corrected chi connectivity index (χ0v) is 10.9. The molecule has 0 aliphatic heterocycles. The summed E-state index contributed by atoms with van der Waals surface area (Å²) in [7, 11) is 0.